The summed E-state index contributed by atoms with van der Waals surface area (Å²) in [6, 6.07) is 3.66. The number of benzene rings is 1. The summed E-state index contributed by atoms with van der Waals surface area (Å²) in [4.78, 5) is 27.4. The number of primary amides is 1. The van der Waals surface area contributed by atoms with E-state index in [4.69, 9.17) is 11.3 Å². The Kier molecular flexibility index (Phi) is 3.26. The van der Waals surface area contributed by atoms with Crippen molar-refractivity contribution in [2.45, 2.75) is 0 Å². The van der Waals surface area contributed by atoms with Crippen LogP contribution in [0.4, 0.5) is 5.69 Å². The third kappa shape index (κ3) is 2.16. The van der Waals surface area contributed by atoms with Gasteiger partial charge in [0.2, 0.25) is 5.75 Å². The Hall–Kier alpha value is -2.80. The van der Waals surface area contributed by atoms with Gasteiger partial charge in [-0.1, -0.05) is 6.07 Å². The molecule has 16 heavy (non-hydrogen) atoms. The second-order valence-corrected chi connectivity index (χ2v) is 2.54. The van der Waals surface area contributed by atoms with Gasteiger partial charge in [0.05, 0.1) is 4.92 Å². The van der Waals surface area contributed by atoms with Crippen molar-refractivity contribution in [2.24, 2.45) is 11.0 Å². The van der Waals surface area contributed by atoms with Gasteiger partial charge in [0.25, 0.3) is 5.91 Å². The number of nitro benzene ring substituents is 1. The number of nitrogens with zero attached hydrogens (tertiary/aromatic N) is 4. The Morgan fingerprint density at radius 3 is 2.81 bits per heavy atom. The van der Waals surface area contributed by atoms with Gasteiger partial charge in [-0.05, 0) is 17.7 Å². The van der Waals surface area contributed by atoms with Crippen LogP contribution in [0.3, 0.4) is 0 Å². The molecule has 0 saturated heterocycles. The molecule has 82 valence electrons. The zero-order valence-corrected chi connectivity index (χ0v) is 7.73. The lowest BCUT2D eigenvalue weighted by Crippen LogP contribution is -2.13. The van der Waals surface area contributed by atoms with Crippen LogP contribution < -0.4 is 10.6 Å². The molecule has 0 saturated carbocycles. The lowest BCUT2D eigenvalue weighted by atomic mass is 10.1. The fourth-order valence-electron chi connectivity index (χ4n) is 1.05. The lowest BCUT2D eigenvalue weighted by molar-refractivity contribution is -0.386. The summed E-state index contributed by atoms with van der Waals surface area (Å²) in [5.74, 6) is -1.32. The summed E-state index contributed by atoms with van der Waals surface area (Å²) in [5.41, 5.74) is 12.0. The van der Waals surface area contributed by atoms with Crippen molar-refractivity contribution >= 4 is 11.6 Å². The summed E-state index contributed by atoms with van der Waals surface area (Å²) < 4.78 is 0. The van der Waals surface area contributed by atoms with Crippen LogP contribution in [0.25, 0.3) is 10.4 Å². The summed E-state index contributed by atoms with van der Waals surface area (Å²) in [6.45, 7) is 0. The Bertz CT molecular complexity index is 494. The molecular formula is C7H5N5O4. The number of nitrogens with two attached hydrogens (primary N) is 1. The number of amides is 1. The first-order valence-electron chi connectivity index (χ1n) is 3.86. The van der Waals surface area contributed by atoms with E-state index in [2.05, 4.69) is 15.0 Å². The van der Waals surface area contributed by atoms with Gasteiger partial charge < -0.3 is 10.6 Å². The molecule has 0 aliphatic carbocycles. The van der Waals surface area contributed by atoms with Crippen molar-refractivity contribution < 1.29 is 14.6 Å². The molecule has 0 unspecified atom stereocenters. The van der Waals surface area contributed by atoms with Crippen LogP contribution in [0.5, 0.6) is 5.75 Å². The van der Waals surface area contributed by atoms with Crippen LogP contribution in [0, 0.1) is 10.1 Å². The van der Waals surface area contributed by atoms with Crippen molar-refractivity contribution in [1.29, 1.82) is 0 Å². The van der Waals surface area contributed by atoms with E-state index in [9.17, 15) is 14.9 Å². The number of para-hydroxylation sites is 1. The zero-order chi connectivity index (χ0) is 12.1. The van der Waals surface area contributed by atoms with E-state index in [0.29, 0.717) is 0 Å². The average molecular weight is 223 g/mol. The standard InChI is InChI=1S/C7H5N5O4/c8-7(13)4-2-1-3-5(16-11-10-9)6(4)12(14)15/h1-3H,(H2,8,13). The van der Waals surface area contributed by atoms with Gasteiger partial charge in [-0.15, -0.1) is 0 Å². The highest BCUT2D eigenvalue weighted by atomic mass is 16.7. The highest BCUT2D eigenvalue weighted by Crippen LogP contribution is 2.30. The molecule has 0 aliphatic rings. The molecule has 0 aromatic heterocycles. The summed E-state index contributed by atoms with van der Waals surface area (Å²) in [7, 11) is 0. The van der Waals surface area contributed by atoms with Crippen molar-refractivity contribution in [3.8, 4) is 5.75 Å². The molecule has 1 aromatic carbocycles. The Labute approximate surface area is 88.2 Å². The van der Waals surface area contributed by atoms with Crippen LogP contribution >= 0.6 is 0 Å². The van der Waals surface area contributed by atoms with E-state index >= 15 is 0 Å². The second-order valence-electron chi connectivity index (χ2n) is 2.54. The molecule has 0 spiro atoms. The maximum Gasteiger partial charge on any atom is 0.324 e. The number of azide groups is 1. The van der Waals surface area contributed by atoms with Crippen LogP contribution in [0.1, 0.15) is 10.4 Å². The predicted octanol–water partition coefficient (Wildman–Crippen LogP) is 1.30. The molecule has 1 aromatic rings. The van der Waals surface area contributed by atoms with Crippen molar-refractivity contribution in [1.82, 2.24) is 0 Å². The molecule has 0 heterocycles. The van der Waals surface area contributed by atoms with Crippen molar-refractivity contribution in [3.63, 3.8) is 0 Å². The number of carbonyl (C=O) groups is 1. The number of hydrogen-bond acceptors (Lipinski definition) is 5. The SMILES string of the molecule is [N-]=[N+]=NOc1cccc(C(N)=O)c1[N+](=O)[O-]. The molecule has 9 heteroatoms. The van der Waals surface area contributed by atoms with Gasteiger partial charge in [0, 0.05) is 4.91 Å². The average Bonchev–Trinajstić information content (AvgIpc) is 2.25. The van der Waals surface area contributed by atoms with E-state index in [1.807, 2.05) is 0 Å². The summed E-state index contributed by atoms with van der Waals surface area (Å²) in [6.07, 6.45) is 0. The van der Waals surface area contributed by atoms with Gasteiger partial charge in [-0.25, -0.2) is 0 Å². The number of hydrogen-bond donors (Lipinski definition) is 1. The van der Waals surface area contributed by atoms with E-state index < -0.39 is 16.5 Å². The first-order valence-corrected chi connectivity index (χ1v) is 3.86. The van der Waals surface area contributed by atoms with Gasteiger partial charge in [-0.3, -0.25) is 14.9 Å². The van der Waals surface area contributed by atoms with Gasteiger partial charge in [0.15, 0.2) is 0 Å². The van der Waals surface area contributed by atoms with Gasteiger partial charge in [-0.2, -0.15) is 0 Å². The Morgan fingerprint density at radius 1 is 1.62 bits per heavy atom. The normalized spacial score (nSPS) is 9.00. The van der Waals surface area contributed by atoms with E-state index in [-0.39, 0.29) is 11.3 Å². The Morgan fingerprint density at radius 2 is 2.31 bits per heavy atom. The fraction of sp³-hybridized carbons (Fsp3) is 0. The minimum Gasteiger partial charge on any atom is -0.387 e. The first-order chi connectivity index (χ1) is 7.57. The molecule has 1 rings (SSSR count). The Balaban J connectivity index is 3.37. The molecule has 0 atom stereocenters. The summed E-state index contributed by atoms with van der Waals surface area (Å²) in [5, 5.41) is 13.4. The second kappa shape index (κ2) is 4.62. The molecule has 9 nitrogen and oxygen atoms in total. The topological polar surface area (TPSA) is 144 Å². The number of nitro groups is 1. The van der Waals surface area contributed by atoms with Crippen molar-refractivity contribution in [2.75, 3.05) is 0 Å². The third-order valence-electron chi connectivity index (χ3n) is 1.62. The van der Waals surface area contributed by atoms with E-state index in [1.165, 1.54) is 18.2 Å². The minimum atomic E-state index is -0.974. The third-order valence-corrected chi connectivity index (χ3v) is 1.62. The van der Waals surface area contributed by atoms with Crippen LogP contribution in [0.15, 0.2) is 23.5 Å². The molecule has 0 bridgehead atoms. The quantitative estimate of drug-likeness (QED) is 0.269. The highest BCUT2D eigenvalue weighted by molar-refractivity contribution is 5.98. The maximum atomic E-state index is 10.9. The van der Waals surface area contributed by atoms with Crippen LogP contribution in [0.2, 0.25) is 0 Å². The van der Waals surface area contributed by atoms with E-state index in [0.717, 1.165) is 0 Å². The highest BCUT2D eigenvalue weighted by Gasteiger charge is 2.24. The van der Waals surface area contributed by atoms with Crippen molar-refractivity contribution in [3.05, 3.63) is 44.3 Å². The van der Waals surface area contributed by atoms with Crippen LogP contribution in [-0.4, -0.2) is 10.8 Å². The molecule has 1 amide bonds. The molecule has 0 fully saturated rings. The monoisotopic (exact) mass is 223 g/mol. The lowest BCUT2D eigenvalue weighted by Gasteiger charge is -2.02. The minimum absolute atomic E-state index is 0.323. The largest absolute Gasteiger partial charge is 0.387 e. The molecule has 2 N–H and O–H groups in total. The van der Waals surface area contributed by atoms with E-state index in [1.54, 1.807) is 0 Å². The van der Waals surface area contributed by atoms with Crippen LogP contribution in [-0.2, 0) is 0 Å². The number of rotatable bonds is 4. The zero-order valence-electron chi connectivity index (χ0n) is 7.73. The molecule has 0 radical (unpaired) electrons. The van der Waals surface area contributed by atoms with Gasteiger partial charge in [0.1, 0.15) is 10.8 Å². The summed E-state index contributed by atoms with van der Waals surface area (Å²) >= 11 is 0. The molecule has 0 aliphatic heterocycles. The smallest absolute Gasteiger partial charge is 0.324 e. The molecular weight excluding hydrogens is 218 g/mol. The van der Waals surface area contributed by atoms with Gasteiger partial charge >= 0.3 is 5.69 Å². The fourth-order valence-corrected chi connectivity index (χ4v) is 1.05. The predicted molar refractivity (Wildman–Crippen MR) is 51.4 cm³/mol. The number of carbonyl (C=O) groups excluding carboxylic acids is 1. The first kappa shape index (κ1) is 11.3. The maximum absolute atomic E-state index is 10.9.